The van der Waals surface area contributed by atoms with Gasteiger partial charge >= 0.3 is 0 Å². The van der Waals surface area contributed by atoms with Crippen LogP contribution in [-0.2, 0) is 4.74 Å². The van der Waals surface area contributed by atoms with Gasteiger partial charge in [-0.3, -0.25) is 0 Å². The van der Waals surface area contributed by atoms with Crippen LogP contribution in [0.4, 0.5) is 0 Å². The van der Waals surface area contributed by atoms with Gasteiger partial charge in [0.25, 0.3) is 0 Å². The van der Waals surface area contributed by atoms with Crippen LogP contribution in [0.1, 0.15) is 24.9 Å². The molecule has 0 aromatic carbocycles. The summed E-state index contributed by atoms with van der Waals surface area (Å²) in [5.41, 5.74) is 1.09. The van der Waals surface area contributed by atoms with Crippen molar-refractivity contribution in [1.29, 1.82) is 0 Å². The molecular weight excluding hydrogens is 204 g/mol. The average Bonchev–Trinajstić information content (AvgIpc) is 2.82. The first-order valence-electron chi connectivity index (χ1n) is 5.68. The summed E-state index contributed by atoms with van der Waals surface area (Å²) in [7, 11) is 1.93. The van der Waals surface area contributed by atoms with Crippen LogP contribution in [0.25, 0.3) is 0 Å². The zero-order valence-electron chi connectivity index (χ0n) is 9.77. The molecule has 1 fully saturated rings. The molecule has 1 aliphatic heterocycles. The lowest BCUT2D eigenvalue weighted by Crippen LogP contribution is -2.20. The second-order valence-electron chi connectivity index (χ2n) is 4.01. The SMILES string of the molecule is CNC(C)c1cccnc1OC1CCOC1. The van der Waals surface area contributed by atoms with Crippen LogP contribution in [0.2, 0.25) is 0 Å². The Morgan fingerprint density at radius 1 is 1.62 bits per heavy atom. The van der Waals surface area contributed by atoms with Crippen molar-refractivity contribution in [3.8, 4) is 5.88 Å². The highest BCUT2D eigenvalue weighted by Crippen LogP contribution is 2.24. The van der Waals surface area contributed by atoms with Gasteiger partial charge < -0.3 is 14.8 Å². The Morgan fingerprint density at radius 3 is 3.19 bits per heavy atom. The van der Waals surface area contributed by atoms with Gasteiger partial charge in [0.15, 0.2) is 0 Å². The van der Waals surface area contributed by atoms with E-state index >= 15 is 0 Å². The Hall–Kier alpha value is -1.13. The minimum absolute atomic E-state index is 0.151. The molecular formula is C12H18N2O2. The molecule has 4 heteroatoms. The van der Waals surface area contributed by atoms with E-state index in [1.54, 1.807) is 6.20 Å². The molecule has 4 nitrogen and oxygen atoms in total. The first-order chi connectivity index (χ1) is 7.81. The summed E-state index contributed by atoms with van der Waals surface area (Å²) in [6.07, 6.45) is 2.86. The molecule has 1 saturated heterocycles. The fraction of sp³-hybridized carbons (Fsp3) is 0.583. The number of nitrogens with one attached hydrogen (secondary N) is 1. The number of hydrogen-bond donors (Lipinski definition) is 1. The molecule has 2 unspecified atom stereocenters. The lowest BCUT2D eigenvalue weighted by atomic mass is 10.1. The second kappa shape index (κ2) is 5.27. The number of ether oxygens (including phenoxy) is 2. The summed E-state index contributed by atoms with van der Waals surface area (Å²) >= 11 is 0. The number of aromatic nitrogens is 1. The Morgan fingerprint density at radius 2 is 2.50 bits per heavy atom. The molecule has 2 atom stereocenters. The predicted octanol–water partition coefficient (Wildman–Crippen LogP) is 1.53. The maximum atomic E-state index is 5.85. The average molecular weight is 222 g/mol. The summed E-state index contributed by atoms with van der Waals surface area (Å²) < 4.78 is 11.1. The van der Waals surface area contributed by atoms with Crippen LogP contribution in [0, 0.1) is 0 Å². The van der Waals surface area contributed by atoms with Crippen molar-refractivity contribution in [2.45, 2.75) is 25.5 Å². The molecule has 1 aliphatic rings. The maximum absolute atomic E-state index is 5.85. The van der Waals surface area contributed by atoms with E-state index in [1.165, 1.54) is 0 Å². The van der Waals surface area contributed by atoms with Crippen molar-refractivity contribution in [2.75, 3.05) is 20.3 Å². The van der Waals surface area contributed by atoms with Gasteiger partial charge in [-0.05, 0) is 20.0 Å². The van der Waals surface area contributed by atoms with E-state index in [-0.39, 0.29) is 12.1 Å². The normalized spacial score (nSPS) is 22.0. The van der Waals surface area contributed by atoms with Crippen molar-refractivity contribution in [2.24, 2.45) is 0 Å². The summed E-state index contributed by atoms with van der Waals surface area (Å²) in [5.74, 6) is 0.722. The van der Waals surface area contributed by atoms with Gasteiger partial charge in [0.05, 0.1) is 13.2 Å². The third-order valence-corrected chi connectivity index (χ3v) is 2.87. The minimum Gasteiger partial charge on any atom is -0.472 e. The molecule has 2 rings (SSSR count). The van der Waals surface area contributed by atoms with E-state index < -0.39 is 0 Å². The molecule has 1 N–H and O–H groups in total. The van der Waals surface area contributed by atoms with Crippen LogP contribution in [0.15, 0.2) is 18.3 Å². The molecule has 0 aliphatic carbocycles. The summed E-state index contributed by atoms with van der Waals surface area (Å²) in [6, 6.07) is 4.21. The van der Waals surface area contributed by atoms with E-state index in [0.717, 1.165) is 24.5 Å². The zero-order chi connectivity index (χ0) is 11.4. The van der Waals surface area contributed by atoms with Crippen molar-refractivity contribution >= 4 is 0 Å². The zero-order valence-corrected chi connectivity index (χ0v) is 9.77. The van der Waals surface area contributed by atoms with Crippen LogP contribution in [0.5, 0.6) is 5.88 Å². The van der Waals surface area contributed by atoms with Gasteiger partial charge in [0.2, 0.25) is 5.88 Å². The molecule has 88 valence electrons. The first kappa shape index (κ1) is 11.4. The molecule has 0 spiro atoms. The van der Waals surface area contributed by atoms with Gasteiger partial charge in [-0.25, -0.2) is 4.98 Å². The first-order valence-corrected chi connectivity index (χ1v) is 5.68. The van der Waals surface area contributed by atoms with E-state index in [1.807, 2.05) is 19.2 Å². The molecule has 2 heterocycles. The Labute approximate surface area is 96.0 Å². The van der Waals surface area contributed by atoms with Crippen LogP contribution < -0.4 is 10.1 Å². The molecule has 0 radical (unpaired) electrons. The predicted molar refractivity (Wildman–Crippen MR) is 61.6 cm³/mol. The minimum atomic E-state index is 0.151. The van der Waals surface area contributed by atoms with Crippen molar-refractivity contribution < 1.29 is 9.47 Å². The Bertz CT molecular complexity index is 338. The smallest absolute Gasteiger partial charge is 0.218 e. The Kier molecular flexibility index (Phi) is 3.74. The maximum Gasteiger partial charge on any atom is 0.218 e. The lowest BCUT2D eigenvalue weighted by molar-refractivity contribution is 0.136. The molecule has 0 amide bonds. The summed E-state index contributed by atoms with van der Waals surface area (Å²) in [5, 5.41) is 3.20. The van der Waals surface area contributed by atoms with E-state index in [4.69, 9.17) is 9.47 Å². The highest BCUT2D eigenvalue weighted by atomic mass is 16.5. The monoisotopic (exact) mass is 222 g/mol. The largest absolute Gasteiger partial charge is 0.472 e. The van der Waals surface area contributed by atoms with Crippen molar-refractivity contribution in [1.82, 2.24) is 10.3 Å². The molecule has 16 heavy (non-hydrogen) atoms. The summed E-state index contributed by atoms with van der Waals surface area (Å²) in [4.78, 5) is 4.29. The molecule has 1 aromatic heterocycles. The van der Waals surface area contributed by atoms with Gasteiger partial charge in [0.1, 0.15) is 6.10 Å². The van der Waals surface area contributed by atoms with Gasteiger partial charge in [0, 0.05) is 24.2 Å². The third-order valence-electron chi connectivity index (χ3n) is 2.87. The molecule has 0 bridgehead atoms. The molecule has 1 aromatic rings. The van der Waals surface area contributed by atoms with Gasteiger partial charge in [-0.15, -0.1) is 0 Å². The van der Waals surface area contributed by atoms with Crippen molar-refractivity contribution in [3.05, 3.63) is 23.9 Å². The van der Waals surface area contributed by atoms with E-state index in [9.17, 15) is 0 Å². The van der Waals surface area contributed by atoms with Crippen molar-refractivity contribution in [3.63, 3.8) is 0 Å². The highest BCUT2D eigenvalue weighted by molar-refractivity contribution is 5.28. The van der Waals surface area contributed by atoms with Gasteiger partial charge in [-0.1, -0.05) is 6.07 Å². The van der Waals surface area contributed by atoms with Crippen LogP contribution >= 0.6 is 0 Å². The third kappa shape index (κ3) is 2.51. The highest BCUT2D eigenvalue weighted by Gasteiger charge is 2.20. The number of rotatable bonds is 4. The number of pyridine rings is 1. The van der Waals surface area contributed by atoms with E-state index in [0.29, 0.717) is 6.61 Å². The quantitative estimate of drug-likeness (QED) is 0.839. The van der Waals surface area contributed by atoms with E-state index in [2.05, 4.69) is 17.2 Å². The fourth-order valence-corrected chi connectivity index (χ4v) is 1.75. The standard InChI is InChI=1S/C12H18N2O2/c1-9(13-2)11-4-3-6-14-12(11)16-10-5-7-15-8-10/h3-4,6,9-10,13H,5,7-8H2,1-2H3. The lowest BCUT2D eigenvalue weighted by Gasteiger charge is -2.17. The van der Waals surface area contributed by atoms with Crippen LogP contribution in [0.3, 0.4) is 0 Å². The topological polar surface area (TPSA) is 43.4 Å². The fourth-order valence-electron chi connectivity index (χ4n) is 1.75. The van der Waals surface area contributed by atoms with Gasteiger partial charge in [-0.2, -0.15) is 0 Å². The molecule has 0 saturated carbocycles. The number of hydrogen-bond acceptors (Lipinski definition) is 4. The van der Waals surface area contributed by atoms with Crippen LogP contribution in [-0.4, -0.2) is 31.3 Å². The second-order valence-corrected chi connectivity index (χ2v) is 4.01. The number of nitrogens with zero attached hydrogens (tertiary/aromatic N) is 1. The Balaban J connectivity index is 2.12. The summed E-state index contributed by atoms with van der Waals surface area (Å²) in [6.45, 7) is 3.55.